The van der Waals surface area contributed by atoms with E-state index in [9.17, 15) is 4.79 Å². The van der Waals surface area contributed by atoms with Crippen molar-refractivity contribution in [2.45, 2.75) is 40.5 Å². The Bertz CT molecular complexity index is 284. The van der Waals surface area contributed by atoms with Crippen LogP contribution in [-0.4, -0.2) is 5.78 Å². The zero-order valence-electron chi connectivity index (χ0n) is 10.3. The Morgan fingerprint density at radius 2 is 2.13 bits per heavy atom. The second kappa shape index (κ2) is 5.29. The Balaban J connectivity index is 2.62. The lowest BCUT2D eigenvalue weighted by Crippen LogP contribution is -2.18. The van der Waals surface area contributed by atoms with E-state index in [0.29, 0.717) is 17.6 Å². The predicted octanol–water partition coefficient (Wildman–Crippen LogP) is 3.76. The summed E-state index contributed by atoms with van der Waals surface area (Å²) < 4.78 is 0. The first-order valence-corrected chi connectivity index (χ1v) is 5.90. The van der Waals surface area contributed by atoms with Crippen molar-refractivity contribution >= 4 is 5.78 Å². The van der Waals surface area contributed by atoms with Gasteiger partial charge in [0.15, 0.2) is 0 Å². The topological polar surface area (TPSA) is 17.1 Å². The van der Waals surface area contributed by atoms with E-state index < -0.39 is 0 Å². The van der Waals surface area contributed by atoms with Crippen molar-refractivity contribution in [2.24, 2.45) is 17.8 Å². The predicted molar refractivity (Wildman–Crippen MR) is 64.6 cm³/mol. The molecule has 0 spiro atoms. The first-order valence-electron chi connectivity index (χ1n) is 5.90. The van der Waals surface area contributed by atoms with Crippen molar-refractivity contribution < 1.29 is 4.79 Å². The van der Waals surface area contributed by atoms with Crippen molar-refractivity contribution in [3.63, 3.8) is 0 Å². The standard InChI is InChI=1S/C14H22O/c1-10(2)9-13-5-7-14(8-6-13)11(3)12(4)15/h5,7,9-11,14H,6,8H2,1-4H3/b13-9+. The number of ketones is 1. The van der Waals surface area contributed by atoms with Crippen LogP contribution in [0, 0.1) is 17.8 Å². The van der Waals surface area contributed by atoms with E-state index >= 15 is 0 Å². The Hall–Kier alpha value is -0.850. The van der Waals surface area contributed by atoms with Gasteiger partial charge in [-0.05, 0) is 31.6 Å². The summed E-state index contributed by atoms with van der Waals surface area (Å²) in [5, 5.41) is 0. The highest BCUT2D eigenvalue weighted by Crippen LogP contribution is 2.28. The van der Waals surface area contributed by atoms with Gasteiger partial charge in [0.05, 0.1) is 0 Å². The Kier molecular flexibility index (Phi) is 4.31. The van der Waals surface area contributed by atoms with Crippen LogP contribution < -0.4 is 0 Å². The van der Waals surface area contributed by atoms with Crippen LogP contribution in [-0.2, 0) is 4.79 Å². The van der Waals surface area contributed by atoms with Crippen LogP contribution in [0.3, 0.4) is 0 Å². The molecule has 0 radical (unpaired) electrons. The van der Waals surface area contributed by atoms with Crippen LogP contribution in [0.25, 0.3) is 0 Å². The number of allylic oxidation sites excluding steroid dienone is 4. The van der Waals surface area contributed by atoms with Gasteiger partial charge in [0.2, 0.25) is 0 Å². The molecule has 0 aromatic carbocycles. The molecule has 0 saturated carbocycles. The summed E-state index contributed by atoms with van der Waals surface area (Å²) in [6, 6.07) is 0. The highest BCUT2D eigenvalue weighted by Gasteiger charge is 2.20. The first-order chi connectivity index (χ1) is 7.00. The summed E-state index contributed by atoms with van der Waals surface area (Å²) in [6.45, 7) is 8.13. The van der Waals surface area contributed by atoms with Crippen molar-refractivity contribution in [3.8, 4) is 0 Å². The molecule has 0 aromatic rings. The Morgan fingerprint density at radius 1 is 1.47 bits per heavy atom. The first kappa shape index (κ1) is 12.2. The fourth-order valence-electron chi connectivity index (χ4n) is 2.05. The van der Waals surface area contributed by atoms with Crippen LogP contribution >= 0.6 is 0 Å². The molecule has 2 unspecified atom stereocenters. The maximum atomic E-state index is 11.3. The van der Waals surface area contributed by atoms with Crippen molar-refractivity contribution in [2.75, 3.05) is 0 Å². The highest BCUT2D eigenvalue weighted by atomic mass is 16.1. The molecule has 1 nitrogen and oxygen atoms in total. The van der Waals surface area contributed by atoms with Crippen molar-refractivity contribution in [1.29, 1.82) is 0 Å². The normalized spacial score (nSPS) is 25.9. The lowest BCUT2D eigenvalue weighted by Gasteiger charge is -2.22. The number of carbonyl (C=O) groups is 1. The van der Waals surface area contributed by atoms with E-state index in [0.717, 1.165) is 12.8 Å². The van der Waals surface area contributed by atoms with Gasteiger partial charge >= 0.3 is 0 Å². The minimum atomic E-state index is 0.182. The van der Waals surface area contributed by atoms with E-state index in [1.807, 2.05) is 6.92 Å². The van der Waals surface area contributed by atoms with Crippen LogP contribution in [0.2, 0.25) is 0 Å². The number of carbonyl (C=O) groups excluding carboxylic acids is 1. The molecule has 0 aliphatic heterocycles. The second-order valence-electron chi connectivity index (χ2n) is 4.95. The van der Waals surface area contributed by atoms with Gasteiger partial charge in [0, 0.05) is 5.92 Å². The molecule has 1 aliphatic carbocycles. The van der Waals surface area contributed by atoms with Crippen LogP contribution in [0.4, 0.5) is 0 Å². The highest BCUT2D eigenvalue weighted by molar-refractivity contribution is 5.78. The Morgan fingerprint density at radius 3 is 2.53 bits per heavy atom. The van der Waals surface area contributed by atoms with E-state index in [-0.39, 0.29) is 5.92 Å². The SMILES string of the molecule is CC(=O)C(C)C1C=C/C(=C\C(C)C)CC1. The minimum absolute atomic E-state index is 0.182. The third kappa shape index (κ3) is 3.65. The van der Waals surface area contributed by atoms with Gasteiger partial charge in [-0.15, -0.1) is 0 Å². The van der Waals surface area contributed by atoms with Crippen LogP contribution in [0.15, 0.2) is 23.8 Å². The lowest BCUT2D eigenvalue weighted by molar-refractivity contribution is -0.121. The summed E-state index contributed by atoms with van der Waals surface area (Å²) in [5.41, 5.74) is 1.43. The molecule has 0 bridgehead atoms. The average Bonchev–Trinajstić information content (AvgIpc) is 2.17. The molecule has 0 saturated heterocycles. The second-order valence-corrected chi connectivity index (χ2v) is 4.95. The van der Waals surface area contributed by atoms with Crippen molar-refractivity contribution in [1.82, 2.24) is 0 Å². The smallest absolute Gasteiger partial charge is 0.133 e. The largest absolute Gasteiger partial charge is 0.300 e. The lowest BCUT2D eigenvalue weighted by atomic mass is 9.82. The van der Waals surface area contributed by atoms with Gasteiger partial charge in [-0.2, -0.15) is 0 Å². The molecule has 0 heterocycles. The van der Waals surface area contributed by atoms with Gasteiger partial charge in [0.1, 0.15) is 5.78 Å². The fraction of sp³-hybridized carbons (Fsp3) is 0.643. The van der Waals surface area contributed by atoms with E-state index in [1.165, 1.54) is 5.57 Å². The molecule has 0 N–H and O–H groups in total. The summed E-state index contributed by atoms with van der Waals surface area (Å²) in [5.74, 6) is 1.56. The van der Waals surface area contributed by atoms with Gasteiger partial charge in [-0.1, -0.05) is 44.6 Å². The van der Waals surface area contributed by atoms with Crippen molar-refractivity contribution in [3.05, 3.63) is 23.8 Å². The van der Waals surface area contributed by atoms with Crippen LogP contribution in [0.1, 0.15) is 40.5 Å². The molecule has 0 aromatic heterocycles. The third-order valence-electron chi connectivity index (χ3n) is 3.15. The molecule has 0 amide bonds. The number of hydrogen-bond donors (Lipinski definition) is 0. The van der Waals surface area contributed by atoms with Gasteiger partial charge in [-0.25, -0.2) is 0 Å². The maximum Gasteiger partial charge on any atom is 0.133 e. The summed E-state index contributed by atoms with van der Waals surface area (Å²) in [7, 11) is 0. The van der Waals surface area contributed by atoms with E-state index in [2.05, 4.69) is 32.1 Å². The van der Waals surface area contributed by atoms with Crippen LogP contribution in [0.5, 0.6) is 0 Å². The molecule has 1 rings (SSSR count). The molecule has 1 aliphatic rings. The molecule has 15 heavy (non-hydrogen) atoms. The summed E-state index contributed by atoms with van der Waals surface area (Å²) in [6.07, 6.45) is 8.97. The maximum absolute atomic E-state index is 11.3. The van der Waals surface area contributed by atoms with Gasteiger partial charge in [-0.3, -0.25) is 4.79 Å². The summed E-state index contributed by atoms with van der Waals surface area (Å²) in [4.78, 5) is 11.3. The third-order valence-corrected chi connectivity index (χ3v) is 3.15. The molecular formula is C14H22O. The zero-order chi connectivity index (χ0) is 11.4. The number of Topliss-reactive ketones (excluding diaryl/α,β-unsaturated/α-hetero) is 1. The number of hydrogen-bond acceptors (Lipinski definition) is 1. The average molecular weight is 206 g/mol. The Labute approximate surface area is 93.3 Å². The fourth-order valence-corrected chi connectivity index (χ4v) is 2.05. The minimum Gasteiger partial charge on any atom is -0.300 e. The summed E-state index contributed by atoms with van der Waals surface area (Å²) >= 11 is 0. The van der Waals surface area contributed by atoms with E-state index in [4.69, 9.17) is 0 Å². The molecule has 84 valence electrons. The monoisotopic (exact) mass is 206 g/mol. The number of rotatable bonds is 3. The molecule has 2 atom stereocenters. The molecule has 1 heteroatoms. The van der Waals surface area contributed by atoms with Gasteiger partial charge < -0.3 is 0 Å². The quantitative estimate of drug-likeness (QED) is 0.687. The van der Waals surface area contributed by atoms with E-state index in [1.54, 1.807) is 6.92 Å². The zero-order valence-corrected chi connectivity index (χ0v) is 10.3. The van der Waals surface area contributed by atoms with Gasteiger partial charge in [0.25, 0.3) is 0 Å². The molecule has 0 fully saturated rings. The molecular weight excluding hydrogens is 184 g/mol.